The molecule has 0 bridgehead atoms. The molecule has 0 aliphatic carbocycles. The monoisotopic (exact) mass is 403 g/mol. The predicted molar refractivity (Wildman–Crippen MR) is 100.0 cm³/mol. The Bertz CT molecular complexity index is 883. The SMILES string of the molecule is N#Cc1ccc(CN2CCN(C(=O)COc3ccccc3C(F)(F)F)CC2)cc1. The van der Waals surface area contributed by atoms with E-state index in [0.717, 1.165) is 11.6 Å². The lowest BCUT2D eigenvalue weighted by Crippen LogP contribution is -2.49. The van der Waals surface area contributed by atoms with Crippen LogP contribution in [0, 0.1) is 11.3 Å². The molecule has 1 aliphatic heterocycles. The van der Waals surface area contributed by atoms with Gasteiger partial charge in [-0.15, -0.1) is 0 Å². The number of benzene rings is 2. The lowest BCUT2D eigenvalue weighted by atomic mass is 10.1. The molecule has 2 aromatic rings. The van der Waals surface area contributed by atoms with Crippen LogP contribution in [-0.2, 0) is 17.5 Å². The number of para-hydroxylation sites is 1. The molecular formula is C21H20F3N3O2. The summed E-state index contributed by atoms with van der Waals surface area (Å²) in [4.78, 5) is 16.1. The second kappa shape index (κ2) is 8.97. The van der Waals surface area contributed by atoms with Gasteiger partial charge in [-0.2, -0.15) is 18.4 Å². The Morgan fingerprint density at radius 2 is 1.69 bits per heavy atom. The first kappa shape index (κ1) is 20.7. The summed E-state index contributed by atoms with van der Waals surface area (Å²) in [5.41, 5.74) is 0.798. The Labute approximate surface area is 166 Å². The van der Waals surface area contributed by atoms with Crippen LogP contribution in [0.15, 0.2) is 48.5 Å². The van der Waals surface area contributed by atoms with Crippen molar-refractivity contribution in [3.05, 3.63) is 65.2 Å². The molecule has 0 N–H and O–H groups in total. The van der Waals surface area contributed by atoms with Crippen LogP contribution in [0.4, 0.5) is 13.2 Å². The first-order valence-electron chi connectivity index (χ1n) is 9.15. The van der Waals surface area contributed by atoms with E-state index in [4.69, 9.17) is 10.00 Å². The van der Waals surface area contributed by atoms with E-state index < -0.39 is 18.3 Å². The van der Waals surface area contributed by atoms with E-state index in [9.17, 15) is 18.0 Å². The van der Waals surface area contributed by atoms with Crippen LogP contribution in [0.1, 0.15) is 16.7 Å². The molecule has 3 rings (SSSR count). The highest BCUT2D eigenvalue weighted by atomic mass is 19.4. The third kappa shape index (κ3) is 5.48. The molecule has 1 fully saturated rings. The van der Waals surface area contributed by atoms with Gasteiger partial charge in [-0.1, -0.05) is 24.3 Å². The summed E-state index contributed by atoms with van der Waals surface area (Å²) in [5.74, 6) is -0.673. The van der Waals surface area contributed by atoms with E-state index >= 15 is 0 Å². The van der Waals surface area contributed by atoms with Gasteiger partial charge in [-0.05, 0) is 29.8 Å². The summed E-state index contributed by atoms with van der Waals surface area (Å²) in [7, 11) is 0. The van der Waals surface area contributed by atoms with E-state index in [2.05, 4.69) is 11.0 Å². The average molecular weight is 403 g/mol. The minimum atomic E-state index is -4.53. The van der Waals surface area contributed by atoms with E-state index in [-0.39, 0.29) is 11.7 Å². The van der Waals surface area contributed by atoms with Crippen LogP contribution < -0.4 is 4.74 Å². The van der Waals surface area contributed by atoms with Gasteiger partial charge < -0.3 is 9.64 Å². The Morgan fingerprint density at radius 1 is 1.03 bits per heavy atom. The van der Waals surface area contributed by atoms with Crippen molar-refractivity contribution in [3.8, 4) is 11.8 Å². The molecule has 0 radical (unpaired) electrons. The molecule has 2 aromatic carbocycles. The number of hydrogen-bond donors (Lipinski definition) is 0. The number of halogens is 3. The highest BCUT2D eigenvalue weighted by Gasteiger charge is 2.34. The fraction of sp³-hybridized carbons (Fsp3) is 0.333. The maximum absolute atomic E-state index is 13.0. The molecule has 0 spiro atoms. The molecule has 8 heteroatoms. The van der Waals surface area contributed by atoms with E-state index in [1.165, 1.54) is 18.2 Å². The number of ether oxygens (including phenoxy) is 1. The quantitative estimate of drug-likeness (QED) is 0.769. The highest BCUT2D eigenvalue weighted by Crippen LogP contribution is 2.35. The van der Waals surface area contributed by atoms with Crippen LogP contribution in [0.3, 0.4) is 0 Å². The van der Waals surface area contributed by atoms with Gasteiger partial charge in [-0.25, -0.2) is 0 Å². The molecular weight excluding hydrogens is 383 g/mol. The van der Waals surface area contributed by atoms with Crippen molar-refractivity contribution in [1.29, 1.82) is 5.26 Å². The molecule has 1 amide bonds. The van der Waals surface area contributed by atoms with Crippen LogP contribution in [0.25, 0.3) is 0 Å². The van der Waals surface area contributed by atoms with Gasteiger partial charge in [0.25, 0.3) is 5.91 Å². The number of rotatable bonds is 5. The molecule has 29 heavy (non-hydrogen) atoms. The number of carbonyl (C=O) groups excluding carboxylic acids is 1. The molecule has 0 unspecified atom stereocenters. The fourth-order valence-electron chi connectivity index (χ4n) is 3.16. The van der Waals surface area contributed by atoms with Crippen molar-refractivity contribution >= 4 is 5.91 Å². The van der Waals surface area contributed by atoms with E-state index in [1.807, 2.05) is 12.1 Å². The number of hydrogen-bond acceptors (Lipinski definition) is 4. The molecule has 1 heterocycles. The van der Waals surface area contributed by atoms with Crippen LogP contribution >= 0.6 is 0 Å². The van der Waals surface area contributed by atoms with Crippen LogP contribution in [0.2, 0.25) is 0 Å². The molecule has 0 saturated carbocycles. The normalized spacial score (nSPS) is 15.0. The van der Waals surface area contributed by atoms with Gasteiger partial charge in [0.2, 0.25) is 0 Å². The highest BCUT2D eigenvalue weighted by molar-refractivity contribution is 5.78. The first-order chi connectivity index (χ1) is 13.9. The minimum absolute atomic E-state index is 0.333. The number of nitriles is 1. The molecule has 5 nitrogen and oxygen atoms in total. The topological polar surface area (TPSA) is 56.6 Å². The van der Waals surface area contributed by atoms with Crippen molar-refractivity contribution in [3.63, 3.8) is 0 Å². The zero-order valence-corrected chi connectivity index (χ0v) is 15.7. The molecule has 152 valence electrons. The summed E-state index contributed by atoms with van der Waals surface area (Å²) < 4.78 is 44.2. The second-order valence-corrected chi connectivity index (χ2v) is 6.75. The van der Waals surface area contributed by atoms with E-state index in [0.29, 0.717) is 38.3 Å². The zero-order chi connectivity index (χ0) is 20.9. The Morgan fingerprint density at radius 3 is 2.31 bits per heavy atom. The van der Waals surface area contributed by atoms with Crippen molar-refractivity contribution in [1.82, 2.24) is 9.80 Å². The van der Waals surface area contributed by atoms with Gasteiger partial charge in [0.15, 0.2) is 6.61 Å². The fourth-order valence-corrected chi connectivity index (χ4v) is 3.16. The molecule has 1 aliphatic rings. The van der Waals surface area contributed by atoms with E-state index in [1.54, 1.807) is 17.0 Å². The number of amides is 1. The Balaban J connectivity index is 1.48. The Kier molecular flexibility index (Phi) is 6.39. The van der Waals surface area contributed by atoms with Gasteiger partial charge >= 0.3 is 6.18 Å². The van der Waals surface area contributed by atoms with Gasteiger partial charge in [0, 0.05) is 32.7 Å². The predicted octanol–water partition coefficient (Wildman–Crippen LogP) is 3.30. The summed E-state index contributed by atoms with van der Waals surface area (Å²) in [6.45, 7) is 2.57. The summed E-state index contributed by atoms with van der Waals surface area (Å²) >= 11 is 0. The standard InChI is InChI=1S/C21H20F3N3O2/c22-21(23,24)18-3-1-2-4-19(18)29-15-20(28)27-11-9-26(10-12-27)14-17-7-5-16(13-25)6-8-17/h1-8H,9-12,14-15H2. The van der Waals surface area contributed by atoms with Crippen molar-refractivity contribution < 1.29 is 22.7 Å². The summed E-state index contributed by atoms with van der Waals surface area (Å²) in [6, 6.07) is 14.3. The van der Waals surface area contributed by atoms with Crippen LogP contribution in [0.5, 0.6) is 5.75 Å². The smallest absolute Gasteiger partial charge is 0.419 e. The third-order valence-electron chi connectivity index (χ3n) is 4.76. The summed E-state index contributed by atoms with van der Waals surface area (Å²) in [6.07, 6.45) is -4.53. The lowest BCUT2D eigenvalue weighted by Gasteiger charge is -2.34. The van der Waals surface area contributed by atoms with Crippen LogP contribution in [-0.4, -0.2) is 48.5 Å². The largest absolute Gasteiger partial charge is 0.483 e. The minimum Gasteiger partial charge on any atom is -0.483 e. The zero-order valence-electron chi connectivity index (χ0n) is 15.7. The summed E-state index contributed by atoms with van der Waals surface area (Å²) in [5, 5.41) is 8.84. The van der Waals surface area contributed by atoms with Crippen molar-refractivity contribution in [2.24, 2.45) is 0 Å². The maximum atomic E-state index is 13.0. The van der Waals surface area contributed by atoms with Crippen molar-refractivity contribution in [2.45, 2.75) is 12.7 Å². The second-order valence-electron chi connectivity index (χ2n) is 6.75. The number of alkyl halides is 3. The van der Waals surface area contributed by atoms with Gasteiger partial charge in [0.05, 0.1) is 17.2 Å². The average Bonchev–Trinajstić information content (AvgIpc) is 2.72. The number of nitrogens with zero attached hydrogens (tertiary/aromatic N) is 3. The number of carbonyl (C=O) groups is 1. The van der Waals surface area contributed by atoms with Crippen molar-refractivity contribution in [2.75, 3.05) is 32.8 Å². The first-order valence-corrected chi connectivity index (χ1v) is 9.15. The Hall–Kier alpha value is -3.05. The van der Waals surface area contributed by atoms with Gasteiger partial charge in [-0.3, -0.25) is 9.69 Å². The lowest BCUT2D eigenvalue weighted by molar-refractivity contribution is -0.141. The molecule has 0 aromatic heterocycles. The maximum Gasteiger partial charge on any atom is 0.419 e. The van der Waals surface area contributed by atoms with Gasteiger partial charge in [0.1, 0.15) is 5.75 Å². The molecule has 0 atom stereocenters. The third-order valence-corrected chi connectivity index (χ3v) is 4.76. The molecule has 1 saturated heterocycles. The number of piperazine rings is 1.